The summed E-state index contributed by atoms with van der Waals surface area (Å²) in [4.78, 5) is 0. The van der Waals surface area contributed by atoms with E-state index in [0.717, 1.165) is 0 Å². The first-order valence-electron chi connectivity index (χ1n) is 6.25. The van der Waals surface area contributed by atoms with E-state index in [4.69, 9.17) is 5.73 Å². The van der Waals surface area contributed by atoms with Gasteiger partial charge in [0.15, 0.2) is 0 Å². The monoisotopic (exact) mass is 261 g/mol. The molecule has 0 bridgehead atoms. The maximum Gasteiger partial charge on any atom is 0.127 e. The van der Waals surface area contributed by atoms with Crippen molar-refractivity contribution < 1.29 is 8.78 Å². The standard InChI is InChI=1S/C16H17F2N/c1-16(11-19,13-7-3-5-9-15(13)18)10-12-6-2-4-8-14(12)17/h2-9H,10-11,19H2,1H3. The van der Waals surface area contributed by atoms with Crippen LogP contribution >= 0.6 is 0 Å². The minimum Gasteiger partial charge on any atom is -0.330 e. The molecule has 0 amide bonds. The average Bonchev–Trinajstić information content (AvgIpc) is 2.42. The van der Waals surface area contributed by atoms with Gasteiger partial charge in [0.1, 0.15) is 11.6 Å². The fourth-order valence-electron chi connectivity index (χ4n) is 2.29. The van der Waals surface area contributed by atoms with Gasteiger partial charge < -0.3 is 5.73 Å². The molecule has 1 nitrogen and oxygen atoms in total. The maximum atomic E-state index is 13.9. The molecule has 2 rings (SSSR count). The second-order valence-corrected chi connectivity index (χ2v) is 5.01. The van der Waals surface area contributed by atoms with Crippen LogP contribution in [-0.4, -0.2) is 6.54 Å². The van der Waals surface area contributed by atoms with Crippen LogP contribution in [0.5, 0.6) is 0 Å². The van der Waals surface area contributed by atoms with E-state index in [0.29, 0.717) is 17.5 Å². The molecule has 2 aromatic carbocycles. The fraction of sp³-hybridized carbons (Fsp3) is 0.250. The second kappa shape index (κ2) is 5.49. The quantitative estimate of drug-likeness (QED) is 0.896. The number of hydrogen-bond acceptors (Lipinski definition) is 1. The Morgan fingerprint density at radius 1 is 0.947 bits per heavy atom. The third kappa shape index (κ3) is 2.82. The van der Waals surface area contributed by atoms with Crippen molar-refractivity contribution in [3.8, 4) is 0 Å². The lowest BCUT2D eigenvalue weighted by atomic mass is 9.77. The van der Waals surface area contributed by atoms with E-state index in [1.165, 1.54) is 12.1 Å². The molecule has 19 heavy (non-hydrogen) atoms. The van der Waals surface area contributed by atoms with Gasteiger partial charge in [-0.15, -0.1) is 0 Å². The molecule has 0 aliphatic heterocycles. The van der Waals surface area contributed by atoms with Crippen LogP contribution in [-0.2, 0) is 11.8 Å². The zero-order chi connectivity index (χ0) is 13.9. The van der Waals surface area contributed by atoms with Gasteiger partial charge in [-0.05, 0) is 29.7 Å². The predicted octanol–water partition coefficient (Wildman–Crippen LogP) is 3.42. The van der Waals surface area contributed by atoms with Crippen molar-refractivity contribution in [3.05, 3.63) is 71.3 Å². The van der Waals surface area contributed by atoms with Crippen molar-refractivity contribution in [1.29, 1.82) is 0 Å². The summed E-state index contributed by atoms with van der Waals surface area (Å²) in [6.07, 6.45) is 0.372. The third-order valence-corrected chi connectivity index (χ3v) is 3.51. The van der Waals surface area contributed by atoms with E-state index in [1.54, 1.807) is 36.4 Å². The van der Waals surface area contributed by atoms with Gasteiger partial charge in [0.05, 0.1) is 0 Å². The summed E-state index contributed by atoms with van der Waals surface area (Å²) >= 11 is 0. The van der Waals surface area contributed by atoms with Crippen LogP contribution in [0.15, 0.2) is 48.5 Å². The summed E-state index contributed by atoms with van der Waals surface area (Å²) in [6, 6.07) is 13.1. The van der Waals surface area contributed by atoms with Crippen LogP contribution in [0.4, 0.5) is 8.78 Å². The van der Waals surface area contributed by atoms with Gasteiger partial charge in [0.25, 0.3) is 0 Å². The highest BCUT2D eigenvalue weighted by Gasteiger charge is 2.29. The lowest BCUT2D eigenvalue weighted by molar-refractivity contribution is 0.441. The molecule has 0 heterocycles. The van der Waals surface area contributed by atoms with Crippen LogP contribution < -0.4 is 5.73 Å². The van der Waals surface area contributed by atoms with Gasteiger partial charge in [0.2, 0.25) is 0 Å². The highest BCUT2D eigenvalue weighted by molar-refractivity contribution is 5.31. The average molecular weight is 261 g/mol. The summed E-state index contributed by atoms with van der Waals surface area (Å²) in [5.41, 5.74) is 6.28. The molecule has 0 aliphatic rings. The second-order valence-electron chi connectivity index (χ2n) is 5.01. The summed E-state index contributed by atoms with van der Waals surface area (Å²) in [5, 5.41) is 0. The van der Waals surface area contributed by atoms with Crippen LogP contribution in [0.25, 0.3) is 0 Å². The zero-order valence-electron chi connectivity index (χ0n) is 10.9. The smallest absolute Gasteiger partial charge is 0.127 e. The molecular formula is C16H17F2N. The molecule has 1 atom stereocenters. The molecule has 3 heteroatoms. The van der Waals surface area contributed by atoms with Crippen LogP contribution in [0, 0.1) is 11.6 Å². The van der Waals surface area contributed by atoms with Gasteiger partial charge in [-0.1, -0.05) is 43.3 Å². The Morgan fingerprint density at radius 2 is 1.53 bits per heavy atom. The minimum absolute atomic E-state index is 0.252. The molecule has 0 saturated heterocycles. The molecular weight excluding hydrogens is 244 g/mol. The van der Waals surface area contributed by atoms with E-state index in [9.17, 15) is 8.78 Å². The molecule has 100 valence electrons. The topological polar surface area (TPSA) is 26.0 Å². The van der Waals surface area contributed by atoms with Crippen LogP contribution in [0.1, 0.15) is 18.1 Å². The number of nitrogens with two attached hydrogens (primary N) is 1. The molecule has 2 aromatic rings. The SMILES string of the molecule is CC(CN)(Cc1ccccc1F)c1ccccc1F. The van der Waals surface area contributed by atoms with Crippen LogP contribution in [0.3, 0.4) is 0 Å². The van der Waals surface area contributed by atoms with Crippen molar-refractivity contribution in [1.82, 2.24) is 0 Å². The largest absolute Gasteiger partial charge is 0.330 e. The van der Waals surface area contributed by atoms with E-state index in [-0.39, 0.29) is 18.2 Å². The van der Waals surface area contributed by atoms with Gasteiger partial charge in [-0.2, -0.15) is 0 Å². The summed E-state index contributed by atoms with van der Waals surface area (Å²) in [7, 11) is 0. The fourth-order valence-corrected chi connectivity index (χ4v) is 2.29. The molecule has 0 saturated carbocycles. The molecule has 0 radical (unpaired) electrons. The lowest BCUT2D eigenvalue weighted by Gasteiger charge is -2.29. The van der Waals surface area contributed by atoms with E-state index >= 15 is 0 Å². The number of benzene rings is 2. The third-order valence-electron chi connectivity index (χ3n) is 3.51. The highest BCUT2D eigenvalue weighted by Crippen LogP contribution is 2.30. The summed E-state index contributed by atoms with van der Waals surface area (Å²) in [5.74, 6) is -0.578. The molecule has 1 unspecified atom stereocenters. The Bertz CT molecular complexity index is 568. The Hall–Kier alpha value is -1.74. The Balaban J connectivity index is 2.39. The van der Waals surface area contributed by atoms with Crippen molar-refractivity contribution >= 4 is 0 Å². The first kappa shape index (κ1) is 13.7. The van der Waals surface area contributed by atoms with Crippen molar-refractivity contribution in [2.45, 2.75) is 18.8 Å². The predicted molar refractivity (Wildman–Crippen MR) is 72.9 cm³/mol. The maximum absolute atomic E-state index is 13.9. The van der Waals surface area contributed by atoms with E-state index < -0.39 is 5.41 Å². The Kier molecular flexibility index (Phi) is 3.96. The van der Waals surface area contributed by atoms with Gasteiger partial charge in [-0.25, -0.2) is 8.78 Å². The zero-order valence-corrected chi connectivity index (χ0v) is 10.9. The first-order chi connectivity index (χ1) is 9.07. The summed E-state index contributed by atoms with van der Waals surface area (Å²) < 4.78 is 27.7. The number of halogens is 2. The van der Waals surface area contributed by atoms with Crippen LogP contribution in [0.2, 0.25) is 0 Å². The first-order valence-corrected chi connectivity index (χ1v) is 6.25. The molecule has 0 spiro atoms. The number of rotatable bonds is 4. The van der Waals surface area contributed by atoms with Crippen molar-refractivity contribution in [2.24, 2.45) is 5.73 Å². The highest BCUT2D eigenvalue weighted by atomic mass is 19.1. The minimum atomic E-state index is -0.618. The summed E-state index contributed by atoms with van der Waals surface area (Å²) in [6.45, 7) is 2.11. The number of hydrogen-bond donors (Lipinski definition) is 1. The normalized spacial score (nSPS) is 14.1. The molecule has 0 aliphatic carbocycles. The lowest BCUT2D eigenvalue weighted by Crippen LogP contribution is -2.35. The van der Waals surface area contributed by atoms with Gasteiger partial charge >= 0.3 is 0 Å². The van der Waals surface area contributed by atoms with Gasteiger partial charge in [0, 0.05) is 12.0 Å². The van der Waals surface area contributed by atoms with Gasteiger partial charge in [-0.3, -0.25) is 0 Å². The van der Waals surface area contributed by atoms with Crippen molar-refractivity contribution in [2.75, 3.05) is 6.54 Å². The molecule has 0 fully saturated rings. The Morgan fingerprint density at radius 3 is 2.11 bits per heavy atom. The Labute approximate surface area is 112 Å². The molecule has 2 N–H and O–H groups in total. The van der Waals surface area contributed by atoms with Crippen molar-refractivity contribution in [3.63, 3.8) is 0 Å². The van der Waals surface area contributed by atoms with E-state index in [2.05, 4.69) is 0 Å². The van der Waals surface area contributed by atoms with E-state index in [1.807, 2.05) is 6.92 Å². The molecule has 0 aromatic heterocycles.